The minimum atomic E-state index is 0.514. The van der Waals surface area contributed by atoms with E-state index in [1.807, 2.05) is 24.3 Å². The van der Waals surface area contributed by atoms with Gasteiger partial charge in [0, 0.05) is 5.56 Å². The summed E-state index contributed by atoms with van der Waals surface area (Å²) in [5, 5.41) is 0. The van der Waals surface area contributed by atoms with Crippen LogP contribution in [0.25, 0.3) is 23.3 Å². The summed E-state index contributed by atoms with van der Waals surface area (Å²) in [6, 6.07) is 16.7. The lowest BCUT2D eigenvalue weighted by Gasteiger charge is -2.04. The molecule has 0 heterocycles. The standard InChI is InChI=1S/C24H24O/c1-16(2)21-11-5-17(3)24-22(13-18(4)23(24)14-21)12-10-19-6-8-20(15-25)9-7-19/h5-16H,1-4H3/b12-10-. The molecule has 1 heteroatoms. The van der Waals surface area contributed by atoms with Crippen molar-refractivity contribution in [3.63, 3.8) is 0 Å². The van der Waals surface area contributed by atoms with Crippen molar-refractivity contribution < 1.29 is 4.79 Å². The first-order valence-corrected chi connectivity index (χ1v) is 8.77. The van der Waals surface area contributed by atoms with Crippen molar-refractivity contribution in [3.05, 3.63) is 81.9 Å². The van der Waals surface area contributed by atoms with Crippen LogP contribution in [0.4, 0.5) is 0 Å². The van der Waals surface area contributed by atoms with Gasteiger partial charge in [0.05, 0.1) is 0 Å². The lowest BCUT2D eigenvalue weighted by Crippen LogP contribution is -1.84. The van der Waals surface area contributed by atoms with Crippen molar-refractivity contribution in [1.29, 1.82) is 0 Å². The van der Waals surface area contributed by atoms with Gasteiger partial charge in [0.1, 0.15) is 6.29 Å². The number of rotatable bonds is 4. The molecule has 0 amide bonds. The minimum absolute atomic E-state index is 0.514. The SMILES string of the molecule is Cc1cc(/C=C\c2ccc(C=O)cc2)c2c(C)ccc(C(C)C)cc1-2. The molecule has 2 aliphatic carbocycles. The summed E-state index contributed by atoms with van der Waals surface area (Å²) in [7, 11) is 0. The molecular weight excluding hydrogens is 304 g/mol. The zero-order valence-corrected chi connectivity index (χ0v) is 15.3. The van der Waals surface area contributed by atoms with Crippen LogP contribution < -0.4 is 0 Å². The first-order chi connectivity index (χ1) is 12.0. The van der Waals surface area contributed by atoms with Crippen LogP contribution in [0.2, 0.25) is 0 Å². The number of carbonyl (C=O) groups excluding carboxylic acids is 1. The Kier molecular flexibility index (Phi) is 4.85. The molecule has 0 spiro atoms. The largest absolute Gasteiger partial charge is 0.298 e. The normalized spacial score (nSPS) is 11.6. The first-order valence-electron chi connectivity index (χ1n) is 8.77. The molecule has 1 nitrogen and oxygen atoms in total. The van der Waals surface area contributed by atoms with E-state index in [4.69, 9.17) is 0 Å². The van der Waals surface area contributed by atoms with Crippen LogP contribution in [0.3, 0.4) is 0 Å². The average molecular weight is 328 g/mol. The number of fused-ring (bicyclic) bond motifs is 1. The molecule has 0 saturated heterocycles. The number of aldehydes is 1. The average Bonchev–Trinajstić information content (AvgIpc) is 2.80. The Labute approximate surface area is 150 Å². The van der Waals surface area contributed by atoms with Crippen molar-refractivity contribution in [2.24, 2.45) is 0 Å². The smallest absolute Gasteiger partial charge is 0.150 e. The van der Waals surface area contributed by atoms with E-state index >= 15 is 0 Å². The highest BCUT2D eigenvalue weighted by atomic mass is 16.1. The van der Waals surface area contributed by atoms with Crippen LogP contribution in [0.15, 0.2) is 48.5 Å². The predicted octanol–water partition coefficient (Wildman–Crippen LogP) is 6.51. The van der Waals surface area contributed by atoms with Crippen molar-refractivity contribution in [2.75, 3.05) is 0 Å². The molecule has 1 aromatic carbocycles. The summed E-state index contributed by atoms with van der Waals surface area (Å²) in [6.45, 7) is 8.83. The highest BCUT2D eigenvalue weighted by molar-refractivity contribution is 5.87. The van der Waals surface area contributed by atoms with E-state index < -0.39 is 0 Å². The molecule has 0 aliphatic heterocycles. The number of carbonyl (C=O) groups is 1. The van der Waals surface area contributed by atoms with Crippen LogP contribution in [-0.4, -0.2) is 6.29 Å². The molecule has 126 valence electrons. The molecule has 3 rings (SSSR count). The first kappa shape index (κ1) is 17.2. The summed E-state index contributed by atoms with van der Waals surface area (Å²) in [5.74, 6) is 0.514. The summed E-state index contributed by atoms with van der Waals surface area (Å²) in [6.07, 6.45) is 5.16. The van der Waals surface area contributed by atoms with Gasteiger partial charge in [0.2, 0.25) is 0 Å². The topological polar surface area (TPSA) is 17.1 Å². The molecule has 25 heavy (non-hydrogen) atoms. The van der Waals surface area contributed by atoms with E-state index in [0.717, 1.165) is 11.8 Å². The number of hydrogen-bond acceptors (Lipinski definition) is 1. The van der Waals surface area contributed by atoms with Crippen LogP contribution in [0, 0.1) is 13.8 Å². The predicted molar refractivity (Wildman–Crippen MR) is 107 cm³/mol. The fourth-order valence-corrected chi connectivity index (χ4v) is 3.24. The second-order valence-corrected chi connectivity index (χ2v) is 7.00. The van der Waals surface area contributed by atoms with Gasteiger partial charge in [-0.1, -0.05) is 74.5 Å². The third kappa shape index (κ3) is 3.56. The fraction of sp³-hybridized carbons (Fsp3) is 0.208. The van der Waals surface area contributed by atoms with Gasteiger partial charge in [-0.05, 0) is 58.7 Å². The van der Waals surface area contributed by atoms with Crippen LogP contribution in [0.1, 0.15) is 57.9 Å². The van der Waals surface area contributed by atoms with E-state index in [1.54, 1.807) is 0 Å². The molecule has 0 N–H and O–H groups in total. The summed E-state index contributed by atoms with van der Waals surface area (Å²) in [4.78, 5) is 10.8. The van der Waals surface area contributed by atoms with Crippen LogP contribution >= 0.6 is 0 Å². The van der Waals surface area contributed by atoms with Gasteiger partial charge in [-0.3, -0.25) is 4.79 Å². The van der Waals surface area contributed by atoms with Crippen molar-refractivity contribution in [1.82, 2.24) is 0 Å². The maximum absolute atomic E-state index is 10.8. The van der Waals surface area contributed by atoms with Crippen molar-refractivity contribution in [3.8, 4) is 11.1 Å². The molecule has 0 unspecified atom stereocenters. The third-order valence-corrected chi connectivity index (χ3v) is 4.78. The zero-order chi connectivity index (χ0) is 18.0. The molecular formula is C24H24O. The third-order valence-electron chi connectivity index (χ3n) is 4.78. The van der Waals surface area contributed by atoms with E-state index in [1.165, 1.54) is 33.4 Å². The molecule has 0 bridgehead atoms. The van der Waals surface area contributed by atoms with Crippen LogP contribution in [-0.2, 0) is 0 Å². The van der Waals surface area contributed by atoms with E-state index in [0.29, 0.717) is 11.5 Å². The Morgan fingerprint density at radius 2 is 1.48 bits per heavy atom. The molecule has 1 aromatic rings. The molecule has 0 saturated carbocycles. The van der Waals surface area contributed by atoms with Crippen molar-refractivity contribution >= 4 is 18.4 Å². The second kappa shape index (κ2) is 7.06. The fourth-order valence-electron chi connectivity index (χ4n) is 3.24. The van der Waals surface area contributed by atoms with E-state index in [2.05, 4.69) is 64.1 Å². The number of benzene rings is 1. The lowest BCUT2D eigenvalue weighted by molar-refractivity contribution is 0.112. The second-order valence-electron chi connectivity index (χ2n) is 7.00. The monoisotopic (exact) mass is 328 g/mol. The van der Waals surface area contributed by atoms with Gasteiger partial charge in [-0.25, -0.2) is 0 Å². The summed E-state index contributed by atoms with van der Waals surface area (Å²) in [5.41, 5.74) is 9.68. The maximum Gasteiger partial charge on any atom is 0.150 e. The molecule has 2 aliphatic rings. The highest BCUT2D eigenvalue weighted by Gasteiger charge is 2.14. The minimum Gasteiger partial charge on any atom is -0.298 e. The Bertz CT molecular complexity index is 898. The van der Waals surface area contributed by atoms with Gasteiger partial charge < -0.3 is 0 Å². The highest BCUT2D eigenvalue weighted by Crippen LogP contribution is 2.37. The van der Waals surface area contributed by atoms with Gasteiger partial charge in [-0.2, -0.15) is 0 Å². The van der Waals surface area contributed by atoms with Gasteiger partial charge in [0.25, 0.3) is 0 Å². The van der Waals surface area contributed by atoms with Gasteiger partial charge in [-0.15, -0.1) is 0 Å². The Hall–Kier alpha value is -2.67. The van der Waals surface area contributed by atoms with E-state index in [9.17, 15) is 4.79 Å². The number of hydrogen-bond donors (Lipinski definition) is 0. The van der Waals surface area contributed by atoms with Crippen LogP contribution in [0.5, 0.6) is 0 Å². The Morgan fingerprint density at radius 3 is 2.12 bits per heavy atom. The molecule has 0 aromatic heterocycles. The quantitative estimate of drug-likeness (QED) is 0.499. The molecule has 0 fully saturated rings. The van der Waals surface area contributed by atoms with Gasteiger partial charge >= 0.3 is 0 Å². The summed E-state index contributed by atoms with van der Waals surface area (Å²) >= 11 is 0. The summed E-state index contributed by atoms with van der Waals surface area (Å²) < 4.78 is 0. The Balaban J connectivity index is 2.03. The number of aryl methyl sites for hydroxylation is 2. The lowest BCUT2D eigenvalue weighted by atomic mass is 10.0. The Morgan fingerprint density at radius 1 is 0.800 bits per heavy atom. The van der Waals surface area contributed by atoms with E-state index in [-0.39, 0.29) is 0 Å². The maximum atomic E-state index is 10.8. The van der Waals surface area contributed by atoms with Gasteiger partial charge in [0.15, 0.2) is 0 Å². The molecule has 0 radical (unpaired) electrons. The zero-order valence-electron chi connectivity index (χ0n) is 15.3. The van der Waals surface area contributed by atoms with Crippen molar-refractivity contribution in [2.45, 2.75) is 33.6 Å². The molecule has 0 atom stereocenters.